The van der Waals surface area contributed by atoms with E-state index in [0.29, 0.717) is 6.07 Å². The molecule has 4 rings (SSSR count). The van der Waals surface area contributed by atoms with E-state index < -0.39 is 80.0 Å². The number of fused-ring (bicyclic) bond motifs is 3. The number of sulfone groups is 1. The number of alkyl halides is 7. The van der Waals surface area contributed by atoms with Crippen LogP contribution in [0.1, 0.15) is 49.8 Å². The van der Waals surface area contributed by atoms with Crippen LogP contribution in [0.5, 0.6) is 0 Å². The zero-order valence-electron chi connectivity index (χ0n) is 22.9. The first kappa shape index (κ1) is 33.1. The Labute approximate surface area is 242 Å². The summed E-state index contributed by atoms with van der Waals surface area (Å²) in [5, 5.41) is 22.5. The van der Waals surface area contributed by atoms with Crippen LogP contribution in [0.3, 0.4) is 0 Å². The van der Waals surface area contributed by atoms with Crippen LogP contribution in [-0.2, 0) is 31.5 Å². The monoisotopic (exact) mass is 643 g/mol. The third-order valence-electron chi connectivity index (χ3n) is 8.60. The maximum Gasteiger partial charge on any atom is 0.435 e. The molecule has 0 bridgehead atoms. The highest BCUT2D eigenvalue weighted by molar-refractivity contribution is 7.92. The Morgan fingerprint density at radius 1 is 1.00 bits per heavy atom. The van der Waals surface area contributed by atoms with Crippen molar-refractivity contribution in [3.05, 3.63) is 65.0 Å². The van der Waals surface area contributed by atoms with E-state index in [4.69, 9.17) is 0 Å². The quantitative estimate of drug-likeness (QED) is 0.291. The zero-order chi connectivity index (χ0) is 32.4. The van der Waals surface area contributed by atoms with E-state index in [-0.39, 0.29) is 47.8 Å². The van der Waals surface area contributed by atoms with Gasteiger partial charge in [0.05, 0.1) is 16.6 Å². The van der Waals surface area contributed by atoms with Gasteiger partial charge in [-0.3, -0.25) is 4.79 Å². The number of aliphatic hydroxyl groups is 2. The van der Waals surface area contributed by atoms with Crippen molar-refractivity contribution in [1.82, 2.24) is 5.32 Å². The molecule has 0 aromatic heterocycles. The lowest BCUT2D eigenvalue weighted by atomic mass is 9.72. The Bertz CT molecular complexity index is 1470. The first-order valence-corrected chi connectivity index (χ1v) is 14.7. The topological polar surface area (TPSA) is 104 Å². The highest BCUT2D eigenvalue weighted by Gasteiger charge is 2.74. The van der Waals surface area contributed by atoms with Crippen molar-refractivity contribution < 1.29 is 58.5 Å². The summed E-state index contributed by atoms with van der Waals surface area (Å²) in [5.74, 6) is -3.51. The molecule has 0 heterocycles. The van der Waals surface area contributed by atoms with Crippen LogP contribution < -0.4 is 5.32 Å². The van der Waals surface area contributed by atoms with E-state index in [1.54, 1.807) is 0 Å². The van der Waals surface area contributed by atoms with E-state index in [9.17, 15) is 58.5 Å². The third kappa shape index (κ3) is 5.30. The molecule has 0 aliphatic heterocycles. The van der Waals surface area contributed by atoms with Crippen molar-refractivity contribution in [2.45, 2.75) is 78.9 Å². The van der Waals surface area contributed by atoms with Crippen molar-refractivity contribution in [2.75, 3.05) is 6.54 Å². The van der Waals surface area contributed by atoms with Crippen molar-refractivity contribution in [2.24, 2.45) is 11.8 Å². The van der Waals surface area contributed by atoms with Crippen LogP contribution in [0.2, 0.25) is 0 Å². The number of carbonyl (C=O) groups is 1. The van der Waals surface area contributed by atoms with E-state index in [1.165, 1.54) is 13.8 Å². The summed E-state index contributed by atoms with van der Waals surface area (Å²) in [6.45, 7) is 2.21. The number of halogens is 8. The van der Waals surface area contributed by atoms with Crippen molar-refractivity contribution in [1.29, 1.82) is 0 Å². The third-order valence-corrected chi connectivity index (χ3v) is 11.2. The molecule has 0 radical (unpaired) electrons. The molecule has 1 amide bonds. The van der Waals surface area contributed by atoms with Gasteiger partial charge in [-0.05, 0) is 80.8 Å². The number of aliphatic hydroxyl groups excluding tert-OH is 1. The summed E-state index contributed by atoms with van der Waals surface area (Å²) in [6, 6.07) is 5.04. The highest BCUT2D eigenvalue weighted by atomic mass is 32.2. The molecule has 43 heavy (non-hydrogen) atoms. The largest absolute Gasteiger partial charge is 0.435 e. The molecule has 1 fully saturated rings. The molecule has 4 unspecified atom stereocenters. The van der Waals surface area contributed by atoms with Crippen molar-refractivity contribution >= 4 is 15.7 Å². The van der Waals surface area contributed by atoms with Gasteiger partial charge in [0.1, 0.15) is 10.6 Å². The number of hydrogen-bond donors (Lipinski definition) is 3. The second kappa shape index (κ2) is 10.7. The maximum atomic E-state index is 14.9. The normalized spacial score (nSPS) is 23.8. The summed E-state index contributed by atoms with van der Waals surface area (Å²) in [7, 11) is -4.59. The number of amides is 1. The molecule has 2 aromatic rings. The predicted octanol–water partition coefficient (Wildman–Crippen LogP) is 5.00. The molecule has 2 aromatic carbocycles. The van der Waals surface area contributed by atoms with Gasteiger partial charge in [-0.25, -0.2) is 17.2 Å². The minimum Gasteiger partial charge on any atom is -0.388 e. The number of carbonyl (C=O) groups excluding carboxylic acids is 1. The van der Waals surface area contributed by atoms with Crippen LogP contribution >= 0.6 is 0 Å². The molecule has 2 aliphatic carbocycles. The average Bonchev–Trinajstić information content (AvgIpc) is 3.31. The molecule has 2 aliphatic rings. The van der Waals surface area contributed by atoms with Crippen LogP contribution in [0.25, 0.3) is 0 Å². The second-order valence-corrected chi connectivity index (χ2v) is 13.8. The Hall–Kier alpha value is -2.78. The number of nitrogens with one attached hydrogen (secondary N) is 1. The number of rotatable bonds is 7. The van der Waals surface area contributed by atoms with Gasteiger partial charge in [0.25, 0.3) is 0 Å². The van der Waals surface area contributed by atoms with Gasteiger partial charge < -0.3 is 15.5 Å². The van der Waals surface area contributed by atoms with Crippen molar-refractivity contribution in [3.63, 3.8) is 0 Å². The summed E-state index contributed by atoms with van der Waals surface area (Å²) in [4.78, 5) is 12.9. The zero-order valence-corrected chi connectivity index (χ0v) is 23.7. The number of aryl methyl sites for hydroxylation is 1. The Morgan fingerprint density at radius 3 is 2.12 bits per heavy atom. The molecule has 15 heteroatoms. The van der Waals surface area contributed by atoms with Crippen LogP contribution in [0.4, 0.5) is 35.1 Å². The molecular formula is C28H29F8NO5S. The fraction of sp³-hybridized carbons (Fsp3) is 0.536. The van der Waals surface area contributed by atoms with Gasteiger partial charge in [0.2, 0.25) is 5.91 Å². The molecular weight excluding hydrogens is 614 g/mol. The second-order valence-electron chi connectivity index (χ2n) is 11.6. The minimum atomic E-state index is -6.38. The van der Waals surface area contributed by atoms with Gasteiger partial charge >= 0.3 is 18.0 Å². The van der Waals surface area contributed by atoms with Crippen LogP contribution in [0, 0.1) is 17.7 Å². The Balaban J connectivity index is 1.86. The summed E-state index contributed by atoms with van der Waals surface area (Å²) in [5.41, 5.74) is -9.50. The van der Waals surface area contributed by atoms with Gasteiger partial charge in [-0.2, -0.15) is 26.3 Å². The lowest BCUT2D eigenvalue weighted by molar-refractivity contribution is -0.348. The Morgan fingerprint density at radius 2 is 1.58 bits per heavy atom. The first-order chi connectivity index (χ1) is 19.6. The molecule has 0 saturated heterocycles. The fourth-order valence-electron chi connectivity index (χ4n) is 6.27. The molecule has 0 spiro atoms. The van der Waals surface area contributed by atoms with E-state index in [0.717, 1.165) is 30.3 Å². The summed E-state index contributed by atoms with van der Waals surface area (Å²) in [6.07, 6.45) is -14.9. The summed E-state index contributed by atoms with van der Waals surface area (Å²) >= 11 is 0. The molecule has 238 valence electrons. The van der Waals surface area contributed by atoms with Gasteiger partial charge in [0, 0.05) is 18.0 Å². The van der Waals surface area contributed by atoms with E-state index in [2.05, 4.69) is 5.32 Å². The van der Waals surface area contributed by atoms with Gasteiger partial charge in [-0.15, -0.1) is 0 Å². The molecule has 4 atom stereocenters. The van der Waals surface area contributed by atoms with E-state index >= 15 is 0 Å². The van der Waals surface area contributed by atoms with E-state index in [1.807, 2.05) is 0 Å². The molecule has 6 nitrogen and oxygen atoms in total. The smallest absolute Gasteiger partial charge is 0.388 e. The molecule has 1 saturated carbocycles. The average molecular weight is 644 g/mol. The molecule has 3 N–H and O–H groups in total. The lowest BCUT2D eigenvalue weighted by Gasteiger charge is -2.42. The maximum absolute atomic E-state index is 14.9. The lowest BCUT2D eigenvalue weighted by Crippen LogP contribution is -2.51. The van der Waals surface area contributed by atoms with Gasteiger partial charge in [-0.1, -0.05) is 18.2 Å². The first-order valence-electron chi connectivity index (χ1n) is 13.2. The number of benzene rings is 2. The standard InChI is InChI=1S/C28H29F8NO5S/c1-24(2,40)22(38)14-37-23(39)19-11-12-25(43(41,42)18-7-5-17(29)6-8-18)20-10-4-16(13-15(20)3-9-21(19)25)26(30,27(31,32)33)28(34,35)36/h4-8,10,13,19,21-22,38,40H,3,9,11-12,14H2,1-2H3,(H,37,39). The fourth-order valence-corrected chi connectivity index (χ4v) is 8.74. The van der Waals surface area contributed by atoms with Crippen LogP contribution in [-0.4, -0.2) is 55.1 Å². The summed E-state index contributed by atoms with van der Waals surface area (Å²) < 4.78 is 136. The van der Waals surface area contributed by atoms with Crippen molar-refractivity contribution in [3.8, 4) is 0 Å². The number of hydrogen-bond acceptors (Lipinski definition) is 5. The SMILES string of the molecule is CC(C)(O)C(O)CNC(=O)C1CCC2(S(=O)(=O)c3ccc(F)cc3)c3ccc(C(F)(C(F)(F)F)C(F)(F)F)cc3CCC12. The van der Waals surface area contributed by atoms with Gasteiger partial charge in [0.15, 0.2) is 9.84 Å². The highest BCUT2D eigenvalue weighted by Crippen LogP contribution is 2.60. The Kier molecular flexibility index (Phi) is 8.23. The predicted molar refractivity (Wildman–Crippen MR) is 136 cm³/mol. The van der Waals surface area contributed by atoms with Crippen LogP contribution in [0.15, 0.2) is 47.4 Å². The minimum absolute atomic E-state index is 0.0745.